The Kier molecular flexibility index (Phi) is 2.99. The maximum absolute atomic E-state index is 11.5. The highest BCUT2D eigenvalue weighted by molar-refractivity contribution is 7.91. The summed E-state index contributed by atoms with van der Waals surface area (Å²) in [4.78, 5) is 0. The third kappa shape index (κ3) is 2.10. The molecule has 0 aliphatic heterocycles. The molecule has 88 valence electrons. The minimum absolute atomic E-state index is 0.0391. The molecule has 0 aromatic heterocycles. The number of rotatable bonds is 3. The van der Waals surface area contributed by atoms with Crippen molar-refractivity contribution in [3.63, 3.8) is 0 Å². The molecule has 0 saturated heterocycles. The molecule has 0 radical (unpaired) electrons. The summed E-state index contributed by atoms with van der Waals surface area (Å²) in [6.45, 7) is 0.408. The van der Waals surface area contributed by atoms with E-state index >= 15 is 0 Å². The van der Waals surface area contributed by atoms with E-state index in [2.05, 4.69) is 0 Å². The molecule has 16 heavy (non-hydrogen) atoms. The Labute approximate surface area is 101 Å². The van der Waals surface area contributed by atoms with E-state index in [4.69, 9.17) is 17.3 Å². The van der Waals surface area contributed by atoms with Crippen LogP contribution in [0.2, 0.25) is 5.02 Å². The van der Waals surface area contributed by atoms with E-state index in [0.29, 0.717) is 11.6 Å². The highest BCUT2D eigenvalue weighted by Crippen LogP contribution is 2.51. The summed E-state index contributed by atoms with van der Waals surface area (Å²) in [5.74, 6) is 0.0912. The molecule has 3 nitrogen and oxygen atoms in total. The molecule has 3 atom stereocenters. The second-order valence-corrected chi connectivity index (χ2v) is 6.91. The van der Waals surface area contributed by atoms with Gasteiger partial charge in [-0.15, -0.1) is 0 Å². The summed E-state index contributed by atoms with van der Waals surface area (Å²) >= 11 is 5.79. The third-order valence-corrected chi connectivity index (χ3v) is 5.00. The molecule has 5 heteroatoms. The van der Waals surface area contributed by atoms with Gasteiger partial charge in [0, 0.05) is 17.2 Å². The fourth-order valence-corrected chi connectivity index (χ4v) is 4.17. The number of hydrogen-bond acceptors (Lipinski definition) is 3. The van der Waals surface area contributed by atoms with Gasteiger partial charge in [-0.25, -0.2) is 8.42 Å². The Morgan fingerprint density at radius 3 is 2.25 bits per heavy atom. The van der Waals surface area contributed by atoms with Crippen molar-refractivity contribution in [2.24, 2.45) is 11.7 Å². The van der Waals surface area contributed by atoms with Gasteiger partial charge in [0.25, 0.3) is 0 Å². The Balaban J connectivity index is 2.27. The lowest BCUT2D eigenvalue weighted by Crippen LogP contribution is -2.11. The standard InChI is InChI=1S/C11H14ClNO2S/c1-16(14,15)11-9(6-13)10(11)7-2-4-8(12)5-3-7/h2-5,9-11H,6,13H2,1H3. The molecule has 1 aliphatic carbocycles. The van der Waals surface area contributed by atoms with Crippen LogP contribution in [0.25, 0.3) is 0 Å². The lowest BCUT2D eigenvalue weighted by Gasteiger charge is -1.99. The van der Waals surface area contributed by atoms with Crippen molar-refractivity contribution in [1.82, 2.24) is 0 Å². The van der Waals surface area contributed by atoms with E-state index in [9.17, 15) is 8.42 Å². The predicted octanol–water partition coefficient (Wildman–Crippen LogP) is 1.43. The first-order valence-corrected chi connectivity index (χ1v) is 7.43. The second-order valence-electron chi connectivity index (χ2n) is 4.27. The van der Waals surface area contributed by atoms with Crippen LogP contribution in [0.5, 0.6) is 0 Å². The number of hydrogen-bond donors (Lipinski definition) is 1. The largest absolute Gasteiger partial charge is 0.330 e. The number of halogens is 1. The van der Waals surface area contributed by atoms with Crippen LogP contribution in [0.3, 0.4) is 0 Å². The smallest absolute Gasteiger partial charge is 0.151 e. The summed E-state index contributed by atoms with van der Waals surface area (Å²) in [6, 6.07) is 7.31. The number of benzene rings is 1. The molecule has 2 N–H and O–H groups in total. The summed E-state index contributed by atoms with van der Waals surface area (Å²) in [6.07, 6.45) is 1.27. The molecule has 0 heterocycles. The molecule has 0 amide bonds. The zero-order valence-corrected chi connectivity index (χ0v) is 10.5. The molecule has 1 fully saturated rings. The molecule has 0 bridgehead atoms. The molecule has 1 aromatic rings. The van der Waals surface area contributed by atoms with Gasteiger partial charge in [-0.05, 0) is 30.2 Å². The van der Waals surface area contributed by atoms with Crippen molar-refractivity contribution in [2.75, 3.05) is 12.8 Å². The Bertz CT molecular complexity index is 483. The van der Waals surface area contributed by atoms with Crippen LogP contribution in [0.1, 0.15) is 11.5 Å². The van der Waals surface area contributed by atoms with E-state index in [1.807, 2.05) is 12.1 Å². The van der Waals surface area contributed by atoms with Crippen LogP contribution in [-0.2, 0) is 9.84 Å². The van der Waals surface area contributed by atoms with Crippen molar-refractivity contribution >= 4 is 21.4 Å². The average Bonchev–Trinajstić information content (AvgIpc) is 2.92. The minimum Gasteiger partial charge on any atom is -0.330 e. The van der Waals surface area contributed by atoms with Crippen LogP contribution < -0.4 is 5.73 Å². The molecular formula is C11H14ClNO2S. The molecule has 3 unspecified atom stereocenters. The Morgan fingerprint density at radius 2 is 1.88 bits per heavy atom. The molecule has 2 rings (SSSR count). The van der Waals surface area contributed by atoms with Gasteiger partial charge in [-0.1, -0.05) is 23.7 Å². The van der Waals surface area contributed by atoms with Crippen LogP contribution in [0.15, 0.2) is 24.3 Å². The first-order valence-electron chi connectivity index (χ1n) is 5.09. The molecular weight excluding hydrogens is 246 g/mol. The first kappa shape index (κ1) is 11.9. The van der Waals surface area contributed by atoms with Crippen LogP contribution in [0, 0.1) is 5.92 Å². The highest BCUT2D eigenvalue weighted by atomic mass is 35.5. The van der Waals surface area contributed by atoms with Gasteiger partial charge < -0.3 is 5.73 Å². The second kappa shape index (κ2) is 4.02. The lowest BCUT2D eigenvalue weighted by atomic mass is 10.1. The van der Waals surface area contributed by atoms with Gasteiger partial charge in [0.15, 0.2) is 9.84 Å². The summed E-state index contributed by atoms with van der Waals surface area (Å²) in [5.41, 5.74) is 6.60. The van der Waals surface area contributed by atoms with Gasteiger partial charge in [0.1, 0.15) is 0 Å². The molecule has 1 saturated carbocycles. The van der Waals surface area contributed by atoms with Gasteiger partial charge in [-0.2, -0.15) is 0 Å². The monoisotopic (exact) mass is 259 g/mol. The fourth-order valence-electron chi connectivity index (χ4n) is 2.33. The van der Waals surface area contributed by atoms with Crippen LogP contribution in [-0.4, -0.2) is 26.5 Å². The third-order valence-electron chi connectivity index (χ3n) is 3.12. The molecule has 0 spiro atoms. The van der Waals surface area contributed by atoms with Crippen molar-refractivity contribution in [3.8, 4) is 0 Å². The van der Waals surface area contributed by atoms with E-state index in [-0.39, 0.29) is 17.1 Å². The first-order chi connectivity index (χ1) is 7.45. The fraction of sp³-hybridized carbons (Fsp3) is 0.455. The van der Waals surface area contributed by atoms with E-state index in [1.165, 1.54) is 6.26 Å². The Morgan fingerprint density at radius 1 is 1.31 bits per heavy atom. The van der Waals surface area contributed by atoms with Crippen molar-refractivity contribution in [1.29, 1.82) is 0 Å². The zero-order valence-electron chi connectivity index (χ0n) is 8.93. The summed E-state index contributed by atoms with van der Waals surface area (Å²) < 4.78 is 23.1. The number of sulfone groups is 1. The van der Waals surface area contributed by atoms with Crippen molar-refractivity contribution in [2.45, 2.75) is 11.2 Å². The van der Waals surface area contributed by atoms with Crippen LogP contribution >= 0.6 is 11.6 Å². The zero-order chi connectivity index (χ0) is 11.9. The average molecular weight is 260 g/mol. The van der Waals surface area contributed by atoms with Crippen molar-refractivity contribution in [3.05, 3.63) is 34.9 Å². The quantitative estimate of drug-likeness (QED) is 0.893. The van der Waals surface area contributed by atoms with Gasteiger partial charge in [-0.3, -0.25) is 0 Å². The maximum Gasteiger partial charge on any atom is 0.151 e. The van der Waals surface area contributed by atoms with E-state index in [1.54, 1.807) is 12.1 Å². The SMILES string of the molecule is CS(=O)(=O)C1C(CN)C1c1ccc(Cl)cc1. The minimum atomic E-state index is -3.01. The topological polar surface area (TPSA) is 60.2 Å². The summed E-state index contributed by atoms with van der Waals surface area (Å²) in [7, 11) is -3.01. The maximum atomic E-state index is 11.5. The number of nitrogens with two attached hydrogens (primary N) is 1. The van der Waals surface area contributed by atoms with Crippen LogP contribution in [0.4, 0.5) is 0 Å². The molecule has 1 aliphatic rings. The van der Waals surface area contributed by atoms with E-state index in [0.717, 1.165) is 5.56 Å². The Hall–Kier alpha value is -0.580. The lowest BCUT2D eigenvalue weighted by molar-refractivity contribution is 0.597. The predicted molar refractivity (Wildman–Crippen MR) is 65.4 cm³/mol. The molecule has 1 aromatic carbocycles. The van der Waals surface area contributed by atoms with Gasteiger partial charge in [0.2, 0.25) is 0 Å². The normalized spacial score (nSPS) is 29.1. The van der Waals surface area contributed by atoms with Crippen molar-refractivity contribution < 1.29 is 8.42 Å². The van der Waals surface area contributed by atoms with Gasteiger partial charge >= 0.3 is 0 Å². The summed E-state index contributed by atoms with van der Waals surface area (Å²) in [5, 5.41) is 0.336. The van der Waals surface area contributed by atoms with Gasteiger partial charge in [0.05, 0.1) is 5.25 Å². The van der Waals surface area contributed by atoms with E-state index < -0.39 is 9.84 Å². The highest BCUT2D eigenvalue weighted by Gasteiger charge is 2.55.